The van der Waals surface area contributed by atoms with Gasteiger partial charge in [-0.05, 0) is 37.0 Å². The molecule has 0 bridgehead atoms. The molecule has 3 fully saturated rings. The topological polar surface area (TPSA) is 161 Å². The van der Waals surface area contributed by atoms with Crippen molar-refractivity contribution in [3.05, 3.63) is 0 Å². The molecule has 3 aliphatic rings. The van der Waals surface area contributed by atoms with Crippen LogP contribution in [0, 0.1) is 29.1 Å². The number of amides is 4. The van der Waals surface area contributed by atoms with Crippen LogP contribution in [-0.2, 0) is 14.3 Å². The van der Waals surface area contributed by atoms with Crippen molar-refractivity contribution in [1.29, 1.82) is 5.41 Å². The number of carboxylic acids is 1. The first-order valence-electron chi connectivity index (χ1n) is 12.8. The number of ether oxygens (including phenoxy) is 1. The fourth-order valence-corrected chi connectivity index (χ4v) is 5.58. The van der Waals surface area contributed by atoms with E-state index >= 15 is 0 Å². The minimum absolute atomic E-state index is 0.0295. The third kappa shape index (κ3) is 5.84. The molecule has 3 rings (SSSR count). The number of urea groups is 1. The van der Waals surface area contributed by atoms with Crippen molar-refractivity contribution in [3.8, 4) is 0 Å². The first-order valence-corrected chi connectivity index (χ1v) is 12.8. The van der Waals surface area contributed by atoms with Gasteiger partial charge in [-0.3, -0.25) is 10.2 Å². The summed E-state index contributed by atoms with van der Waals surface area (Å²) in [5.41, 5.74) is 5.59. The maximum atomic E-state index is 13.1. The number of carbonyl (C=O) groups is 4. The summed E-state index contributed by atoms with van der Waals surface area (Å²) < 4.78 is 5.68. The van der Waals surface area contributed by atoms with Crippen LogP contribution in [0.1, 0.15) is 47.0 Å². The average Bonchev–Trinajstić information content (AvgIpc) is 2.83. The van der Waals surface area contributed by atoms with Gasteiger partial charge in [-0.15, -0.1) is 0 Å². The second-order valence-electron chi connectivity index (χ2n) is 10.8. The number of aliphatic carboxylic acids is 1. The van der Waals surface area contributed by atoms with Gasteiger partial charge in [0.25, 0.3) is 0 Å². The molecule has 0 aromatic heterocycles. The summed E-state index contributed by atoms with van der Waals surface area (Å²) in [7, 11) is 0. The number of hydrogen-bond acceptors (Lipinski definition) is 6. The quantitative estimate of drug-likeness (QED) is 0.276. The van der Waals surface area contributed by atoms with Gasteiger partial charge in [0, 0.05) is 39.3 Å². The number of piperazine rings is 1. The highest BCUT2D eigenvalue weighted by Gasteiger charge is 2.56. The van der Waals surface area contributed by atoms with Gasteiger partial charge in [0.15, 0.2) is 12.0 Å². The lowest BCUT2D eigenvalue weighted by Gasteiger charge is -2.47. The third-order valence-corrected chi connectivity index (χ3v) is 7.48. The summed E-state index contributed by atoms with van der Waals surface area (Å²) in [6.07, 6.45) is 1.34. The smallest absolute Gasteiger partial charge is 0.410 e. The molecule has 4 amide bonds. The summed E-state index contributed by atoms with van der Waals surface area (Å²) in [6, 6.07) is -1.84. The SMILES string of the molecule is CC(C)C(OC(=O)N1CCN(C(=O)N2C(=O)[C@H](CC3CCCN(C(=N)N)C3)[C@H]2C(=O)O)CC1)C(C)C. The van der Waals surface area contributed by atoms with Crippen LogP contribution in [0.4, 0.5) is 9.59 Å². The maximum absolute atomic E-state index is 13.1. The van der Waals surface area contributed by atoms with Crippen LogP contribution in [0.15, 0.2) is 0 Å². The monoisotopic (exact) mass is 508 g/mol. The Morgan fingerprint density at radius 3 is 2.14 bits per heavy atom. The highest BCUT2D eigenvalue weighted by atomic mass is 16.6. The first-order chi connectivity index (χ1) is 16.9. The van der Waals surface area contributed by atoms with Crippen LogP contribution >= 0.6 is 0 Å². The molecule has 0 spiro atoms. The second kappa shape index (κ2) is 11.3. The van der Waals surface area contributed by atoms with Gasteiger partial charge >= 0.3 is 18.1 Å². The molecule has 36 heavy (non-hydrogen) atoms. The van der Waals surface area contributed by atoms with Crippen molar-refractivity contribution in [3.63, 3.8) is 0 Å². The number of rotatable bonds is 6. The first kappa shape index (κ1) is 27.5. The molecule has 0 saturated carbocycles. The number of carbonyl (C=O) groups excluding carboxylic acids is 3. The minimum atomic E-state index is -1.21. The Kier molecular flexibility index (Phi) is 8.67. The van der Waals surface area contributed by atoms with Crippen LogP contribution in [0.5, 0.6) is 0 Å². The number of piperidine rings is 1. The van der Waals surface area contributed by atoms with Gasteiger partial charge in [0.05, 0.1) is 5.92 Å². The Morgan fingerprint density at radius 1 is 1.03 bits per heavy atom. The highest BCUT2D eigenvalue weighted by Crippen LogP contribution is 2.36. The van der Waals surface area contributed by atoms with Crippen LogP contribution < -0.4 is 5.73 Å². The molecule has 3 heterocycles. The Hall–Kier alpha value is -3.05. The predicted molar refractivity (Wildman–Crippen MR) is 131 cm³/mol. The van der Waals surface area contributed by atoms with E-state index in [4.69, 9.17) is 15.9 Å². The van der Waals surface area contributed by atoms with Crippen molar-refractivity contribution < 1.29 is 29.0 Å². The standard InChI is InChI=1S/C24H40N6O6/c1-14(2)19(15(3)4)36-24(35)28-10-8-27(9-11-28)23(34)30-18(21(32)33)17(20(30)31)12-16-6-5-7-29(13-16)22(25)26/h14-19H,5-13H2,1-4H3,(H3,25,26)(H,32,33)/t16?,17-,18+/m1/s1. The fraction of sp³-hybridized carbons (Fsp3) is 0.792. The maximum Gasteiger partial charge on any atom is 0.410 e. The van der Waals surface area contributed by atoms with Crippen molar-refractivity contribution >= 4 is 30.0 Å². The van der Waals surface area contributed by atoms with Crippen molar-refractivity contribution in [2.24, 2.45) is 29.4 Å². The molecule has 0 aromatic rings. The Bertz CT molecular complexity index is 863. The number of guanidine groups is 1. The zero-order chi connectivity index (χ0) is 26.7. The Labute approximate surface area is 212 Å². The van der Waals surface area contributed by atoms with Gasteiger partial charge < -0.3 is 30.3 Å². The van der Waals surface area contributed by atoms with E-state index in [1.54, 1.807) is 9.80 Å². The van der Waals surface area contributed by atoms with Gasteiger partial charge in [-0.2, -0.15) is 0 Å². The Balaban J connectivity index is 1.56. The van der Waals surface area contributed by atoms with E-state index in [9.17, 15) is 24.3 Å². The summed E-state index contributed by atoms with van der Waals surface area (Å²) in [4.78, 5) is 56.2. The zero-order valence-corrected chi connectivity index (χ0v) is 21.7. The number of nitrogens with two attached hydrogens (primary N) is 1. The lowest BCUT2D eigenvalue weighted by Crippen LogP contribution is -2.70. The molecule has 3 atom stereocenters. The predicted octanol–water partition coefficient (Wildman–Crippen LogP) is 1.45. The van der Waals surface area contributed by atoms with Gasteiger partial charge in [0.1, 0.15) is 6.10 Å². The zero-order valence-electron chi connectivity index (χ0n) is 21.7. The lowest BCUT2D eigenvalue weighted by atomic mass is 9.78. The van der Waals surface area contributed by atoms with E-state index in [2.05, 4.69) is 0 Å². The van der Waals surface area contributed by atoms with E-state index in [0.29, 0.717) is 19.5 Å². The van der Waals surface area contributed by atoms with Crippen molar-refractivity contribution in [1.82, 2.24) is 19.6 Å². The van der Waals surface area contributed by atoms with Crippen LogP contribution in [0.3, 0.4) is 0 Å². The van der Waals surface area contributed by atoms with Gasteiger partial charge in [0.2, 0.25) is 5.91 Å². The van der Waals surface area contributed by atoms with Crippen molar-refractivity contribution in [2.75, 3.05) is 39.3 Å². The van der Waals surface area contributed by atoms with Crippen LogP contribution in [0.2, 0.25) is 0 Å². The number of β-lactam (4-membered cyclic amide) rings is 1. The molecule has 0 aliphatic carbocycles. The molecule has 0 radical (unpaired) electrons. The molecular formula is C24H40N6O6. The van der Waals surface area contributed by atoms with Gasteiger partial charge in [-0.25, -0.2) is 19.3 Å². The number of likely N-dealkylation sites (tertiary alicyclic amines) is 2. The molecule has 3 saturated heterocycles. The average molecular weight is 509 g/mol. The van der Waals surface area contributed by atoms with Crippen LogP contribution in [0.25, 0.3) is 0 Å². The van der Waals surface area contributed by atoms with E-state index in [0.717, 1.165) is 17.7 Å². The normalized spacial score (nSPS) is 24.9. The number of hydrogen-bond donors (Lipinski definition) is 3. The summed E-state index contributed by atoms with van der Waals surface area (Å²) in [5, 5.41) is 17.4. The summed E-state index contributed by atoms with van der Waals surface area (Å²) in [6.45, 7) is 10.1. The molecule has 1 unspecified atom stereocenters. The molecule has 4 N–H and O–H groups in total. The van der Waals surface area contributed by atoms with E-state index < -0.39 is 36.0 Å². The number of carboxylic acid groups (broad SMARTS) is 1. The van der Waals surface area contributed by atoms with Crippen LogP contribution in [-0.4, -0.2) is 106 Å². The summed E-state index contributed by atoms with van der Waals surface area (Å²) >= 11 is 0. The van der Waals surface area contributed by atoms with E-state index in [1.165, 1.54) is 4.90 Å². The van der Waals surface area contributed by atoms with E-state index in [1.807, 2.05) is 27.7 Å². The van der Waals surface area contributed by atoms with Crippen molar-refractivity contribution in [2.45, 2.75) is 59.1 Å². The largest absolute Gasteiger partial charge is 0.480 e. The fourth-order valence-electron chi connectivity index (χ4n) is 5.58. The lowest BCUT2D eigenvalue weighted by molar-refractivity contribution is -0.167. The number of nitrogens with one attached hydrogen (secondary N) is 1. The number of nitrogens with zero attached hydrogens (tertiary/aromatic N) is 4. The van der Waals surface area contributed by atoms with E-state index in [-0.39, 0.29) is 56.0 Å². The molecular weight excluding hydrogens is 468 g/mol. The second-order valence-corrected chi connectivity index (χ2v) is 10.8. The molecule has 202 valence electrons. The molecule has 12 heteroatoms. The Morgan fingerprint density at radius 2 is 1.61 bits per heavy atom. The summed E-state index contributed by atoms with van der Waals surface area (Å²) in [5.74, 6) is -2.11. The molecule has 0 aromatic carbocycles. The van der Waals surface area contributed by atoms with Gasteiger partial charge in [-0.1, -0.05) is 27.7 Å². The minimum Gasteiger partial charge on any atom is -0.480 e. The highest BCUT2D eigenvalue weighted by molar-refractivity contribution is 6.07. The molecule has 3 aliphatic heterocycles. The third-order valence-electron chi connectivity index (χ3n) is 7.48. The molecule has 12 nitrogen and oxygen atoms in total. The number of imide groups is 1.